The first-order valence-electron chi connectivity index (χ1n) is 10.3. The second-order valence-electron chi connectivity index (χ2n) is 8.91. The predicted octanol–water partition coefficient (Wildman–Crippen LogP) is 3.81. The van der Waals surface area contributed by atoms with E-state index >= 15 is 0 Å². The van der Waals surface area contributed by atoms with E-state index in [4.69, 9.17) is 4.74 Å². The number of hydrogen-bond acceptors (Lipinski definition) is 3. The monoisotopic (exact) mass is 500 g/mol. The number of hydrogen-bond donors (Lipinski definition) is 2. The number of rotatable bonds is 5. The summed E-state index contributed by atoms with van der Waals surface area (Å²) in [5.41, 5.74) is 1.72. The Morgan fingerprint density at radius 2 is 1.86 bits per heavy atom. The molecule has 5 nitrogen and oxygen atoms in total. The zero-order valence-corrected chi connectivity index (χ0v) is 20.2. The average Bonchev–Trinajstić information content (AvgIpc) is 3.03. The van der Waals surface area contributed by atoms with Crippen LogP contribution in [-0.4, -0.2) is 56.3 Å². The number of likely N-dealkylation sites (tertiary alicyclic amines) is 1. The van der Waals surface area contributed by atoms with Crippen molar-refractivity contribution in [3.05, 3.63) is 35.9 Å². The van der Waals surface area contributed by atoms with Gasteiger partial charge in [-0.1, -0.05) is 44.2 Å². The van der Waals surface area contributed by atoms with Gasteiger partial charge in [0.2, 0.25) is 0 Å². The summed E-state index contributed by atoms with van der Waals surface area (Å²) in [5, 5.41) is 7.59. The molecular formula is C22H37IN4O. The van der Waals surface area contributed by atoms with E-state index in [0.717, 1.165) is 51.6 Å². The molecule has 1 aromatic carbocycles. The second kappa shape index (κ2) is 10.3. The van der Waals surface area contributed by atoms with Crippen molar-refractivity contribution < 1.29 is 4.74 Å². The van der Waals surface area contributed by atoms with E-state index in [9.17, 15) is 0 Å². The molecule has 2 heterocycles. The van der Waals surface area contributed by atoms with Crippen molar-refractivity contribution in [1.82, 2.24) is 15.5 Å². The number of nitrogens with zero attached hydrogens (tertiary/aromatic N) is 2. The quantitative estimate of drug-likeness (QED) is 0.367. The van der Waals surface area contributed by atoms with Crippen molar-refractivity contribution in [3.8, 4) is 0 Å². The molecule has 0 aliphatic carbocycles. The van der Waals surface area contributed by atoms with E-state index in [1.807, 2.05) is 7.05 Å². The Morgan fingerprint density at radius 1 is 1.18 bits per heavy atom. The minimum absolute atomic E-state index is 0. The molecule has 6 heteroatoms. The summed E-state index contributed by atoms with van der Waals surface area (Å²) < 4.78 is 5.66. The van der Waals surface area contributed by atoms with Crippen molar-refractivity contribution in [2.24, 2.45) is 10.4 Å². The smallest absolute Gasteiger partial charge is 0.193 e. The molecule has 0 radical (unpaired) electrons. The number of guanidine groups is 1. The van der Waals surface area contributed by atoms with Crippen LogP contribution in [0, 0.1) is 5.41 Å². The summed E-state index contributed by atoms with van der Waals surface area (Å²) in [6.07, 6.45) is 3.25. The molecule has 3 rings (SSSR count). The molecule has 1 unspecified atom stereocenters. The van der Waals surface area contributed by atoms with Crippen LogP contribution in [0.4, 0.5) is 0 Å². The van der Waals surface area contributed by atoms with E-state index in [-0.39, 0.29) is 29.5 Å². The van der Waals surface area contributed by atoms with Gasteiger partial charge in [-0.15, -0.1) is 24.0 Å². The van der Waals surface area contributed by atoms with E-state index in [1.54, 1.807) is 0 Å². The molecule has 1 aromatic rings. The third-order valence-electron chi connectivity index (χ3n) is 6.05. The van der Waals surface area contributed by atoms with E-state index in [0.29, 0.717) is 11.5 Å². The molecule has 28 heavy (non-hydrogen) atoms. The Labute approximate surface area is 187 Å². The van der Waals surface area contributed by atoms with Crippen LogP contribution in [0.1, 0.15) is 51.6 Å². The molecule has 0 bridgehead atoms. The van der Waals surface area contributed by atoms with E-state index < -0.39 is 0 Å². The van der Waals surface area contributed by atoms with Crippen molar-refractivity contribution in [3.63, 3.8) is 0 Å². The maximum absolute atomic E-state index is 5.66. The third-order valence-corrected chi connectivity index (χ3v) is 6.05. The molecule has 2 N–H and O–H groups in total. The summed E-state index contributed by atoms with van der Waals surface area (Å²) in [6.45, 7) is 11.6. The van der Waals surface area contributed by atoms with Crippen LogP contribution in [0.5, 0.6) is 0 Å². The Balaban J connectivity index is 0.00000280. The highest BCUT2D eigenvalue weighted by atomic mass is 127. The van der Waals surface area contributed by atoms with Gasteiger partial charge in [-0.05, 0) is 37.2 Å². The normalized spacial score (nSPS) is 22.4. The van der Waals surface area contributed by atoms with Gasteiger partial charge < -0.3 is 20.3 Å². The molecule has 0 amide bonds. The molecule has 2 aliphatic rings. The van der Waals surface area contributed by atoms with Gasteiger partial charge in [-0.2, -0.15) is 0 Å². The number of ether oxygens (including phenoxy) is 1. The minimum atomic E-state index is 0. The molecule has 158 valence electrons. The van der Waals surface area contributed by atoms with Gasteiger partial charge in [-0.3, -0.25) is 4.99 Å². The van der Waals surface area contributed by atoms with Gasteiger partial charge in [0, 0.05) is 51.5 Å². The van der Waals surface area contributed by atoms with Crippen molar-refractivity contribution in [2.75, 3.05) is 39.9 Å². The Hall–Kier alpha value is -0.860. The topological polar surface area (TPSA) is 48.9 Å². The zero-order chi connectivity index (χ0) is 19.3. The summed E-state index contributed by atoms with van der Waals surface area (Å²) in [4.78, 5) is 6.96. The highest BCUT2D eigenvalue weighted by Gasteiger charge is 2.36. The first-order chi connectivity index (χ1) is 12.9. The first-order valence-corrected chi connectivity index (χ1v) is 10.3. The minimum Gasteiger partial charge on any atom is -0.381 e. The Morgan fingerprint density at radius 3 is 2.43 bits per heavy atom. The van der Waals surface area contributed by atoms with Gasteiger partial charge in [0.05, 0.1) is 0 Å². The van der Waals surface area contributed by atoms with Gasteiger partial charge in [0.25, 0.3) is 0 Å². The fourth-order valence-corrected chi connectivity index (χ4v) is 4.29. The lowest BCUT2D eigenvalue weighted by Gasteiger charge is -2.41. The van der Waals surface area contributed by atoms with Crippen LogP contribution in [0.15, 0.2) is 35.3 Å². The number of halogens is 1. The lowest BCUT2D eigenvalue weighted by Crippen LogP contribution is -2.58. The maximum Gasteiger partial charge on any atom is 0.193 e. The number of aliphatic imine (C=N–C) groups is 1. The van der Waals surface area contributed by atoms with Crippen LogP contribution < -0.4 is 10.6 Å². The van der Waals surface area contributed by atoms with Crippen molar-refractivity contribution in [1.29, 1.82) is 0 Å². The van der Waals surface area contributed by atoms with Gasteiger partial charge >= 0.3 is 0 Å². The second-order valence-corrected chi connectivity index (χ2v) is 8.91. The SMILES string of the molecule is CN=C(NCC1(NC(C)c2ccccc2)CCOCC1)N1CCC(C)(C)C1.I. The largest absolute Gasteiger partial charge is 0.381 e. The summed E-state index contributed by atoms with van der Waals surface area (Å²) in [5.74, 6) is 1.03. The van der Waals surface area contributed by atoms with Crippen molar-refractivity contribution in [2.45, 2.75) is 51.6 Å². The number of nitrogens with one attached hydrogen (secondary N) is 2. The average molecular weight is 500 g/mol. The molecule has 2 fully saturated rings. The molecular weight excluding hydrogens is 463 g/mol. The molecule has 1 atom stereocenters. The third kappa shape index (κ3) is 6.07. The van der Waals surface area contributed by atoms with Crippen LogP contribution in [0.2, 0.25) is 0 Å². The molecule has 0 aromatic heterocycles. The van der Waals surface area contributed by atoms with Crippen LogP contribution in [-0.2, 0) is 4.74 Å². The van der Waals surface area contributed by atoms with Gasteiger partial charge in [-0.25, -0.2) is 0 Å². The summed E-state index contributed by atoms with van der Waals surface area (Å²) >= 11 is 0. The van der Waals surface area contributed by atoms with Crippen LogP contribution in [0.3, 0.4) is 0 Å². The summed E-state index contributed by atoms with van der Waals surface area (Å²) in [7, 11) is 1.89. The van der Waals surface area contributed by atoms with Crippen molar-refractivity contribution >= 4 is 29.9 Å². The fourth-order valence-electron chi connectivity index (χ4n) is 4.29. The fraction of sp³-hybridized carbons (Fsp3) is 0.682. The van der Waals surface area contributed by atoms with E-state index in [2.05, 4.69) is 71.6 Å². The standard InChI is InChI=1S/C22H36N4O.HI/c1-18(19-8-6-5-7-9-19)25-22(11-14-27-15-12-22)16-24-20(23-4)26-13-10-21(2,3)17-26;/h5-9,18,25H,10-17H2,1-4H3,(H,23,24);1H. The Kier molecular flexibility index (Phi) is 8.58. The molecule has 0 saturated carbocycles. The van der Waals surface area contributed by atoms with E-state index in [1.165, 1.54) is 12.0 Å². The lowest BCUT2D eigenvalue weighted by molar-refractivity contribution is 0.0353. The van der Waals surface area contributed by atoms with Crippen LogP contribution >= 0.6 is 24.0 Å². The zero-order valence-electron chi connectivity index (χ0n) is 17.8. The number of benzene rings is 1. The molecule has 2 saturated heterocycles. The Bertz CT molecular complexity index is 629. The predicted molar refractivity (Wildman–Crippen MR) is 128 cm³/mol. The first kappa shape index (κ1) is 23.4. The van der Waals surface area contributed by atoms with Gasteiger partial charge in [0.1, 0.15) is 0 Å². The lowest BCUT2D eigenvalue weighted by atomic mass is 9.88. The molecule has 0 spiro atoms. The maximum atomic E-state index is 5.66. The highest BCUT2D eigenvalue weighted by molar-refractivity contribution is 14.0. The molecule has 2 aliphatic heterocycles. The summed E-state index contributed by atoms with van der Waals surface area (Å²) in [6, 6.07) is 11.0. The van der Waals surface area contributed by atoms with Gasteiger partial charge in [0.15, 0.2) is 5.96 Å². The van der Waals surface area contributed by atoms with Crippen LogP contribution in [0.25, 0.3) is 0 Å². The highest BCUT2D eigenvalue weighted by Crippen LogP contribution is 2.29.